The van der Waals surface area contributed by atoms with E-state index in [1.165, 1.54) is 0 Å². The number of aliphatic hydroxyl groups is 1. The lowest BCUT2D eigenvalue weighted by atomic mass is 9.79. The number of β-amino-alcohol motifs (C(OH)–C–C–N with tert-alkyl or cyclic N) is 1. The van der Waals surface area contributed by atoms with Gasteiger partial charge in [-0.05, 0) is 38.1 Å². The Balaban J connectivity index is 1.64. The van der Waals surface area contributed by atoms with Gasteiger partial charge in [-0.1, -0.05) is 6.92 Å². The lowest BCUT2D eigenvalue weighted by Crippen LogP contribution is -2.67. The van der Waals surface area contributed by atoms with Crippen LogP contribution in [0.1, 0.15) is 32.6 Å². The molecule has 2 aliphatic heterocycles. The molecule has 3 aliphatic rings. The number of carbonyl (C=O) groups is 1. The topological polar surface area (TPSA) is 52.6 Å². The van der Waals surface area contributed by atoms with Gasteiger partial charge in [0.1, 0.15) is 5.60 Å². The van der Waals surface area contributed by atoms with Gasteiger partial charge < -0.3 is 15.3 Å². The van der Waals surface area contributed by atoms with Crippen LogP contribution >= 0.6 is 0 Å². The first-order valence-electron chi connectivity index (χ1n) is 6.82. The molecule has 96 valence electrons. The predicted molar refractivity (Wildman–Crippen MR) is 64.5 cm³/mol. The molecule has 4 nitrogen and oxygen atoms in total. The zero-order valence-corrected chi connectivity index (χ0v) is 10.5. The average molecular weight is 238 g/mol. The maximum atomic E-state index is 12.5. The third kappa shape index (κ3) is 1.69. The van der Waals surface area contributed by atoms with E-state index in [4.69, 9.17) is 0 Å². The minimum Gasteiger partial charge on any atom is -0.386 e. The van der Waals surface area contributed by atoms with Crippen molar-refractivity contribution in [1.82, 2.24) is 10.2 Å². The van der Waals surface area contributed by atoms with Crippen molar-refractivity contribution in [3.8, 4) is 0 Å². The second kappa shape index (κ2) is 3.69. The summed E-state index contributed by atoms with van der Waals surface area (Å²) in [7, 11) is 0. The summed E-state index contributed by atoms with van der Waals surface area (Å²) in [6.45, 7) is 4.98. The summed E-state index contributed by atoms with van der Waals surface area (Å²) in [5.74, 6) is 0.723. The standard InChI is InChI=1S/C13H22N2O2/c1-2-12(5-6-14-7-12)11(16)15-8-13(17,9-15)10-3-4-10/h10,14,17H,2-9H2,1H3. The Kier molecular flexibility index (Phi) is 2.49. The van der Waals surface area contributed by atoms with Crippen molar-refractivity contribution in [2.24, 2.45) is 11.3 Å². The second-order valence-corrected chi connectivity index (χ2v) is 6.10. The molecular formula is C13H22N2O2. The number of hydrogen-bond donors (Lipinski definition) is 2. The summed E-state index contributed by atoms with van der Waals surface area (Å²) < 4.78 is 0. The van der Waals surface area contributed by atoms with E-state index >= 15 is 0 Å². The van der Waals surface area contributed by atoms with Crippen LogP contribution in [-0.4, -0.2) is 47.7 Å². The molecule has 1 atom stereocenters. The summed E-state index contributed by atoms with van der Waals surface area (Å²) >= 11 is 0. The third-order valence-corrected chi connectivity index (χ3v) is 4.93. The van der Waals surface area contributed by atoms with E-state index in [9.17, 15) is 9.90 Å². The lowest BCUT2D eigenvalue weighted by Gasteiger charge is -2.49. The van der Waals surface area contributed by atoms with Crippen molar-refractivity contribution in [2.75, 3.05) is 26.2 Å². The molecule has 0 radical (unpaired) electrons. The Hall–Kier alpha value is -0.610. The first kappa shape index (κ1) is 11.5. The molecule has 1 unspecified atom stereocenters. The van der Waals surface area contributed by atoms with Crippen LogP contribution in [0.25, 0.3) is 0 Å². The fourth-order valence-corrected chi connectivity index (χ4v) is 3.35. The number of nitrogens with zero attached hydrogens (tertiary/aromatic N) is 1. The predicted octanol–water partition coefficient (Wildman–Crippen LogP) is 0.359. The van der Waals surface area contributed by atoms with E-state index in [2.05, 4.69) is 12.2 Å². The van der Waals surface area contributed by atoms with Gasteiger partial charge in [-0.3, -0.25) is 4.79 Å². The van der Waals surface area contributed by atoms with Gasteiger partial charge >= 0.3 is 0 Å². The molecule has 0 bridgehead atoms. The molecule has 0 aromatic heterocycles. The molecule has 17 heavy (non-hydrogen) atoms. The van der Waals surface area contributed by atoms with Crippen molar-refractivity contribution in [1.29, 1.82) is 0 Å². The van der Waals surface area contributed by atoms with Gasteiger partial charge in [0.25, 0.3) is 0 Å². The molecule has 0 spiro atoms. The Morgan fingerprint density at radius 2 is 2.18 bits per heavy atom. The maximum absolute atomic E-state index is 12.5. The summed E-state index contributed by atoms with van der Waals surface area (Å²) in [5, 5.41) is 13.6. The zero-order valence-electron chi connectivity index (χ0n) is 10.5. The van der Waals surface area contributed by atoms with Crippen LogP contribution in [0, 0.1) is 11.3 Å². The van der Waals surface area contributed by atoms with Crippen molar-refractivity contribution >= 4 is 5.91 Å². The SMILES string of the molecule is CCC1(C(=O)N2CC(O)(C3CC3)C2)CCNC1. The van der Waals surface area contributed by atoms with Crippen LogP contribution in [0.4, 0.5) is 0 Å². The Morgan fingerprint density at radius 3 is 2.65 bits per heavy atom. The molecule has 1 aliphatic carbocycles. The number of carbonyl (C=O) groups excluding carboxylic acids is 1. The van der Waals surface area contributed by atoms with Crippen molar-refractivity contribution < 1.29 is 9.90 Å². The average Bonchev–Trinajstić information content (AvgIpc) is 3.03. The summed E-state index contributed by atoms with van der Waals surface area (Å²) in [4.78, 5) is 14.4. The minimum atomic E-state index is -0.545. The van der Waals surface area contributed by atoms with E-state index in [-0.39, 0.29) is 11.3 Å². The van der Waals surface area contributed by atoms with Crippen LogP contribution in [0.15, 0.2) is 0 Å². The highest BCUT2D eigenvalue weighted by atomic mass is 16.3. The molecule has 2 N–H and O–H groups in total. The highest BCUT2D eigenvalue weighted by molar-refractivity contribution is 5.84. The monoisotopic (exact) mass is 238 g/mol. The summed E-state index contributed by atoms with van der Waals surface area (Å²) in [5.41, 5.74) is -0.735. The smallest absolute Gasteiger partial charge is 0.230 e. The number of likely N-dealkylation sites (tertiary alicyclic amines) is 1. The van der Waals surface area contributed by atoms with Gasteiger partial charge in [0.2, 0.25) is 5.91 Å². The molecule has 0 aromatic rings. The van der Waals surface area contributed by atoms with Crippen LogP contribution < -0.4 is 5.32 Å². The third-order valence-electron chi connectivity index (χ3n) is 4.93. The van der Waals surface area contributed by atoms with Gasteiger partial charge in [-0.2, -0.15) is 0 Å². The fraction of sp³-hybridized carbons (Fsp3) is 0.923. The van der Waals surface area contributed by atoms with Crippen LogP contribution in [0.3, 0.4) is 0 Å². The number of nitrogens with one attached hydrogen (secondary N) is 1. The summed E-state index contributed by atoms with van der Waals surface area (Å²) in [6.07, 6.45) is 4.12. The van der Waals surface area contributed by atoms with E-state index in [0.29, 0.717) is 19.0 Å². The highest BCUT2D eigenvalue weighted by Gasteiger charge is 2.56. The van der Waals surface area contributed by atoms with E-state index in [1.807, 2.05) is 4.90 Å². The number of rotatable bonds is 3. The van der Waals surface area contributed by atoms with Gasteiger partial charge in [0.15, 0.2) is 0 Å². The first-order chi connectivity index (χ1) is 8.10. The van der Waals surface area contributed by atoms with Crippen molar-refractivity contribution in [3.63, 3.8) is 0 Å². The fourth-order valence-electron chi connectivity index (χ4n) is 3.35. The number of amides is 1. The van der Waals surface area contributed by atoms with Crippen LogP contribution in [0.2, 0.25) is 0 Å². The Labute approximate surface area is 102 Å². The molecule has 1 amide bonds. The molecule has 0 aromatic carbocycles. The van der Waals surface area contributed by atoms with Crippen molar-refractivity contribution in [2.45, 2.75) is 38.2 Å². The molecule has 1 saturated carbocycles. The second-order valence-electron chi connectivity index (χ2n) is 6.10. The number of hydrogen-bond acceptors (Lipinski definition) is 3. The highest BCUT2D eigenvalue weighted by Crippen LogP contribution is 2.46. The summed E-state index contributed by atoms with van der Waals surface area (Å²) in [6, 6.07) is 0. The molecule has 3 fully saturated rings. The first-order valence-corrected chi connectivity index (χ1v) is 6.82. The van der Waals surface area contributed by atoms with E-state index < -0.39 is 5.60 Å². The van der Waals surface area contributed by atoms with Crippen LogP contribution in [-0.2, 0) is 4.79 Å². The largest absolute Gasteiger partial charge is 0.386 e. The quantitative estimate of drug-likeness (QED) is 0.746. The van der Waals surface area contributed by atoms with Gasteiger partial charge in [0, 0.05) is 6.54 Å². The van der Waals surface area contributed by atoms with E-state index in [1.54, 1.807) is 0 Å². The van der Waals surface area contributed by atoms with Crippen molar-refractivity contribution in [3.05, 3.63) is 0 Å². The van der Waals surface area contributed by atoms with Gasteiger partial charge in [0.05, 0.1) is 18.5 Å². The minimum absolute atomic E-state index is 0.190. The Morgan fingerprint density at radius 1 is 1.47 bits per heavy atom. The van der Waals surface area contributed by atoms with Gasteiger partial charge in [-0.15, -0.1) is 0 Å². The normalized spacial score (nSPS) is 35.8. The molecule has 3 rings (SSSR count). The Bertz CT molecular complexity index is 326. The van der Waals surface area contributed by atoms with Crippen LogP contribution in [0.5, 0.6) is 0 Å². The zero-order chi connectivity index (χ0) is 12.1. The maximum Gasteiger partial charge on any atom is 0.230 e. The van der Waals surface area contributed by atoms with E-state index in [0.717, 1.165) is 38.8 Å². The lowest BCUT2D eigenvalue weighted by molar-refractivity contribution is -0.168. The van der Waals surface area contributed by atoms with Gasteiger partial charge in [-0.25, -0.2) is 0 Å². The molecule has 2 heterocycles. The molecular weight excluding hydrogens is 216 g/mol. The molecule has 4 heteroatoms. The molecule has 2 saturated heterocycles.